The molecule has 19 heavy (non-hydrogen) atoms. The molecule has 0 fully saturated rings. The van der Waals surface area contributed by atoms with Gasteiger partial charge in [-0.15, -0.1) is 11.6 Å². The molecular formula is C16H14ClFO. The second-order valence-corrected chi connectivity index (χ2v) is 4.49. The average molecular weight is 277 g/mol. The summed E-state index contributed by atoms with van der Waals surface area (Å²) in [7, 11) is 0. The Balaban J connectivity index is 2.36. The van der Waals surface area contributed by atoms with Crippen molar-refractivity contribution in [2.24, 2.45) is 0 Å². The molecular weight excluding hydrogens is 263 g/mol. The quantitative estimate of drug-likeness (QED) is 0.567. The number of alkyl halides is 1. The first-order valence-corrected chi connectivity index (χ1v) is 6.38. The summed E-state index contributed by atoms with van der Waals surface area (Å²) in [6.07, 6.45) is 1.64. The standard InChI is InChI=1S/C16H14ClFO/c1-2-10-19-15-9-8-13(18)11-14(15)16(17)12-6-4-3-5-7-12/h2-9,11,16H,1,10H2. The van der Waals surface area contributed by atoms with Crippen LogP contribution in [0.2, 0.25) is 0 Å². The van der Waals surface area contributed by atoms with Crippen LogP contribution in [0.5, 0.6) is 5.75 Å². The Morgan fingerprint density at radius 1 is 1.21 bits per heavy atom. The molecule has 0 saturated carbocycles. The molecule has 0 saturated heterocycles. The van der Waals surface area contributed by atoms with Gasteiger partial charge < -0.3 is 4.74 Å². The van der Waals surface area contributed by atoms with Crippen LogP contribution in [0.15, 0.2) is 61.2 Å². The average Bonchev–Trinajstić information content (AvgIpc) is 2.46. The molecule has 1 atom stereocenters. The lowest BCUT2D eigenvalue weighted by Crippen LogP contribution is -2.01. The van der Waals surface area contributed by atoms with Crippen molar-refractivity contribution in [2.45, 2.75) is 5.38 Å². The SMILES string of the molecule is C=CCOc1ccc(F)cc1C(Cl)c1ccccc1. The van der Waals surface area contributed by atoms with Crippen molar-refractivity contribution in [3.8, 4) is 5.75 Å². The van der Waals surface area contributed by atoms with Crippen molar-refractivity contribution >= 4 is 11.6 Å². The van der Waals surface area contributed by atoms with Crippen LogP contribution in [0, 0.1) is 5.82 Å². The second kappa shape index (κ2) is 6.39. The third kappa shape index (κ3) is 3.36. The van der Waals surface area contributed by atoms with Crippen LogP contribution in [0.3, 0.4) is 0 Å². The monoisotopic (exact) mass is 276 g/mol. The summed E-state index contributed by atoms with van der Waals surface area (Å²) < 4.78 is 18.9. The zero-order valence-electron chi connectivity index (χ0n) is 10.4. The third-order valence-electron chi connectivity index (χ3n) is 2.69. The predicted octanol–water partition coefficient (Wildman–Crippen LogP) is 4.72. The zero-order valence-corrected chi connectivity index (χ0v) is 11.1. The number of hydrogen-bond donors (Lipinski definition) is 0. The maximum Gasteiger partial charge on any atom is 0.125 e. The summed E-state index contributed by atoms with van der Waals surface area (Å²) >= 11 is 6.42. The van der Waals surface area contributed by atoms with Gasteiger partial charge in [0.25, 0.3) is 0 Å². The first-order valence-electron chi connectivity index (χ1n) is 5.94. The highest BCUT2D eigenvalue weighted by molar-refractivity contribution is 6.22. The topological polar surface area (TPSA) is 9.23 Å². The highest BCUT2D eigenvalue weighted by atomic mass is 35.5. The van der Waals surface area contributed by atoms with Gasteiger partial charge in [-0.1, -0.05) is 43.0 Å². The molecule has 0 aliphatic heterocycles. The van der Waals surface area contributed by atoms with E-state index in [1.54, 1.807) is 12.1 Å². The van der Waals surface area contributed by atoms with Crippen LogP contribution in [0.4, 0.5) is 4.39 Å². The number of rotatable bonds is 5. The summed E-state index contributed by atoms with van der Waals surface area (Å²) in [6, 6.07) is 13.9. The molecule has 2 rings (SSSR count). The lowest BCUT2D eigenvalue weighted by molar-refractivity contribution is 0.358. The van der Waals surface area contributed by atoms with Crippen LogP contribution in [-0.2, 0) is 0 Å². The van der Waals surface area contributed by atoms with Crippen LogP contribution >= 0.6 is 11.6 Å². The maximum atomic E-state index is 13.4. The molecule has 2 aromatic rings. The van der Waals surface area contributed by atoms with Gasteiger partial charge in [0.2, 0.25) is 0 Å². The van der Waals surface area contributed by atoms with E-state index in [0.717, 1.165) is 5.56 Å². The van der Waals surface area contributed by atoms with Crippen molar-refractivity contribution in [1.29, 1.82) is 0 Å². The molecule has 1 unspecified atom stereocenters. The Morgan fingerprint density at radius 3 is 2.63 bits per heavy atom. The lowest BCUT2D eigenvalue weighted by atomic mass is 10.0. The van der Waals surface area contributed by atoms with E-state index in [2.05, 4.69) is 6.58 Å². The lowest BCUT2D eigenvalue weighted by Gasteiger charge is -2.15. The number of benzene rings is 2. The Hall–Kier alpha value is -1.80. The number of ether oxygens (including phenoxy) is 1. The molecule has 2 aromatic carbocycles. The fraction of sp³-hybridized carbons (Fsp3) is 0.125. The summed E-state index contributed by atoms with van der Waals surface area (Å²) in [4.78, 5) is 0. The first-order chi connectivity index (χ1) is 9.22. The third-order valence-corrected chi connectivity index (χ3v) is 3.18. The van der Waals surface area contributed by atoms with Gasteiger partial charge in [-0.25, -0.2) is 4.39 Å². The van der Waals surface area contributed by atoms with E-state index in [-0.39, 0.29) is 5.82 Å². The number of halogens is 2. The van der Waals surface area contributed by atoms with E-state index in [9.17, 15) is 4.39 Å². The molecule has 0 heterocycles. The highest BCUT2D eigenvalue weighted by Crippen LogP contribution is 2.35. The molecule has 0 aromatic heterocycles. The van der Waals surface area contributed by atoms with Crippen molar-refractivity contribution in [1.82, 2.24) is 0 Å². The molecule has 0 spiro atoms. The van der Waals surface area contributed by atoms with Crippen molar-refractivity contribution in [3.05, 3.63) is 78.1 Å². The van der Waals surface area contributed by atoms with Gasteiger partial charge in [-0.2, -0.15) is 0 Å². The zero-order chi connectivity index (χ0) is 13.7. The summed E-state index contributed by atoms with van der Waals surface area (Å²) in [6.45, 7) is 3.95. The van der Waals surface area contributed by atoms with Crippen LogP contribution in [-0.4, -0.2) is 6.61 Å². The molecule has 0 radical (unpaired) electrons. The largest absolute Gasteiger partial charge is 0.489 e. The van der Waals surface area contributed by atoms with E-state index in [1.165, 1.54) is 12.1 Å². The Labute approximate surface area is 117 Å². The maximum absolute atomic E-state index is 13.4. The molecule has 98 valence electrons. The number of hydrogen-bond acceptors (Lipinski definition) is 1. The second-order valence-electron chi connectivity index (χ2n) is 4.06. The van der Waals surface area contributed by atoms with E-state index in [0.29, 0.717) is 17.9 Å². The van der Waals surface area contributed by atoms with E-state index in [1.807, 2.05) is 30.3 Å². The van der Waals surface area contributed by atoms with Gasteiger partial charge in [0.1, 0.15) is 18.2 Å². The van der Waals surface area contributed by atoms with Gasteiger partial charge in [-0.05, 0) is 23.8 Å². The van der Waals surface area contributed by atoms with E-state index in [4.69, 9.17) is 16.3 Å². The smallest absolute Gasteiger partial charge is 0.125 e. The highest BCUT2D eigenvalue weighted by Gasteiger charge is 2.16. The van der Waals surface area contributed by atoms with Crippen molar-refractivity contribution < 1.29 is 9.13 Å². The van der Waals surface area contributed by atoms with Crippen molar-refractivity contribution in [3.63, 3.8) is 0 Å². The van der Waals surface area contributed by atoms with Gasteiger partial charge in [0.15, 0.2) is 0 Å². The minimum absolute atomic E-state index is 0.331. The Morgan fingerprint density at radius 2 is 1.95 bits per heavy atom. The predicted molar refractivity (Wildman–Crippen MR) is 76.2 cm³/mol. The van der Waals surface area contributed by atoms with Gasteiger partial charge in [0, 0.05) is 5.56 Å². The molecule has 0 aliphatic carbocycles. The molecule has 1 nitrogen and oxygen atoms in total. The summed E-state index contributed by atoms with van der Waals surface area (Å²) in [5.74, 6) is 0.243. The normalized spacial score (nSPS) is 11.9. The van der Waals surface area contributed by atoms with Gasteiger partial charge in [0.05, 0.1) is 5.38 Å². The first kappa shape index (κ1) is 13.6. The molecule has 0 N–H and O–H groups in total. The summed E-state index contributed by atoms with van der Waals surface area (Å²) in [5.41, 5.74) is 1.52. The molecule has 3 heteroatoms. The van der Waals surface area contributed by atoms with E-state index < -0.39 is 5.38 Å². The van der Waals surface area contributed by atoms with Crippen LogP contribution < -0.4 is 4.74 Å². The van der Waals surface area contributed by atoms with Crippen LogP contribution in [0.1, 0.15) is 16.5 Å². The van der Waals surface area contributed by atoms with Gasteiger partial charge >= 0.3 is 0 Å². The fourth-order valence-corrected chi connectivity index (χ4v) is 2.12. The fourth-order valence-electron chi connectivity index (χ4n) is 1.80. The molecule has 0 amide bonds. The van der Waals surface area contributed by atoms with Crippen molar-refractivity contribution in [2.75, 3.05) is 6.61 Å². The minimum Gasteiger partial charge on any atom is -0.489 e. The molecule has 0 bridgehead atoms. The van der Waals surface area contributed by atoms with Gasteiger partial charge in [-0.3, -0.25) is 0 Å². The molecule has 0 aliphatic rings. The Bertz CT molecular complexity index is 554. The summed E-state index contributed by atoms with van der Waals surface area (Å²) in [5, 5.41) is -0.447. The van der Waals surface area contributed by atoms with E-state index >= 15 is 0 Å². The Kier molecular flexibility index (Phi) is 4.58. The minimum atomic E-state index is -0.447. The van der Waals surface area contributed by atoms with Crippen LogP contribution in [0.25, 0.3) is 0 Å².